The van der Waals surface area contributed by atoms with E-state index in [1.807, 2.05) is 0 Å². The summed E-state index contributed by atoms with van der Waals surface area (Å²) in [6.07, 6.45) is 21.6. The van der Waals surface area contributed by atoms with Crippen LogP contribution in [0.4, 0.5) is 0 Å². The van der Waals surface area contributed by atoms with E-state index in [2.05, 4.69) is 106 Å². The van der Waals surface area contributed by atoms with E-state index in [0.717, 1.165) is 38.5 Å². The van der Waals surface area contributed by atoms with E-state index < -0.39 is 109 Å². The van der Waals surface area contributed by atoms with Crippen molar-refractivity contribution < 1.29 is 54.1 Å². The number of amides is 1. The van der Waals surface area contributed by atoms with Crippen molar-refractivity contribution >= 4 is 17.8 Å². The van der Waals surface area contributed by atoms with Gasteiger partial charge in [-0.3, -0.25) is 9.59 Å². The fourth-order valence-corrected chi connectivity index (χ4v) is 21.6. The van der Waals surface area contributed by atoms with E-state index in [1.165, 1.54) is 22.3 Å². The van der Waals surface area contributed by atoms with Crippen LogP contribution in [0.15, 0.2) is 72.1 Å². The quantitative estimate of drug-likeness (QED) is 0.112. The number of ether oxygens (including phenoxy) is 3. The molecule has 69 heavy (non-hydrogen) atoms. The standard InChI is InChI=1S/C56H70N2O11/c1-7-28-25-57-26-30(28)19-31-10-9-29-22-50(5)53-18-17-52(47(65)66)34(27-67-6)23-49(4)13-8-14-54(52)36(53)21-33-12-16-51-15-11-32(20-35(53)43(62)58-46(49)54)55(33,50)56(31,51)42(29)48(2,3)37(24-51)68-45-40(61)38(59)39(60)41(69-45)44(63)64/h8-11,14-15,20-21,25-26,29,31,33-35,37-42,45-46,57,59-61H,7,12-13,16-19,22-24,27H2,1-6H3,(H,58,62)(H,63,64)(H,65,66)/t29-,31-,33-,34+,35+,37+,38+,39+,40-,41+,42+,45-,46+,49+,50+,51-,52+,53+,54-,55+,56-/m1/s1. The average Bonchev–Trinajstić information content (AvgIpc) is 3.71. The largest absolute Gasteiger partial charge is 0.481 e. The highest BCUT2D eigenvalue weighted by molar-refractivity contribution is 5.89. The Morgan fingerprint density at radius 2 is 1.71 bits per heavy atom. The van der Waals surface area contributed by atoms with Crippen molar-refractivity contribution in [3.8, 4) is 0 Å². The number of hydrogen-bond acceptors (Lipinski definition) is 9. The average molecular weight is 947 g/mol. The molecule has 12 aliphatic rings. The highest BCUT2D eigenvalue weighted by atomic mass is 16.7. The molecule has 5 saturated carbocycles. The molecule has 21 atom stereocenters. The first-order chi connectivity index (χ1) is 32.8. The van der Waals surface area contributed by atoms with Gasteiger partial charge in [0.25, 0.3) is 0 Å². The van der Waals surface area contributed by atoms with Crippen LogP contribution in [0.25, 0.3) is 0 Å². The molecular formula is C56H70N2O11. The Kier molecular flexibility index (Phi) is 9.01. The third-order valence-corrected chi connectivity index (χ3v) is 23.3. The maximum absolute atomic E-state index is 15.9. The second-order valence-electron chi connectivity index (χ2n) is 25.3. The van der Waals surface area contributed by atoms with Crippen LogP contribution in [0.5, 0.6) is 0 Å². The number of methoxy groups -OCH3 is 1. The zero-order valence-corrected chi connectivity index (χ0v) is 40.7. The molecule has 13 heteroatoms. The Balaban J connectivity index is 1.08. The maximum atomic E-state index is 15.9. The minimum atomic E-state index is -1.83. The van der Waals surface area contributed by atoms with Crippen LogP contribution in [-0.2, 0) is 41.4 Å². The Bertz CT molecular complexity index is 2630. The van der Waals surface area contributed by atoms with Crippen molar-refractivity contribution in [1.82, 2.24) is 10.3 Å². The Hall–Kier alpha value is -3.85. The number of allylic oxidation sites excluding steroid dienone is 7. The van der Waals surface area contributed by atoms with Crippen molar-refractivity contribution in [2.75, 3.05) is 13.7 Å². The van der Waals surface area contributed by atoms with Crippen LogP contribution < -0.4 is 5.32 Å². The van der Waals surface area contributed by atoms with Gasteiger partial charge in [0.2, 0.25) is 5.91 Å². The number of aromatic nitrogens is 1. The van der Waals surface area contributed by atoms with Crippen molar-refractivity contribution in [3.63, 3.8) is 0 Å². The van der Waals surface area contributed by atoms with Gasteiger partial charge in [-0.2, -0.15) is 0 Å². The molecule has 0 aromatic carbocycles. The van der Waals surface area contributed by atoms with E-state index in [9.17, 15) is 35.1 Å². The van der Waals surface area contributed by atoms with Gasteiger partial charge in [0.15, 0.2) is 12.4 Å². The first kappa shape index (κ1) is 45.0. The SMILES string of the molecule is CCc1c[nH]cc1C[C@H]1C=C[C@@H]2C[C@]3(C)[C@]45C6=C[C@H]7C(=O)N[C@H]8[C@@]9(C)CC=C[C@@]8%10C(=C[C@H]4CC[C@]4(C=C6)C[C@H](O[C@@H]6O[C@H](C(=O)O)[C@@H](O)[C@H](O)[C@H]6O)C(C)(C)[C@H]2[C@]145)[C@]73CC[C@@]%10(C(=O)O)[C@H](COC)C9. The number of carbonyl (C=O) groups excluding carboxylic acids is 1. The van der Waals surface area contributed by atoms with Crippen LogP contribution in [0, 0.1) is 84.2 Å². The summed E-state index contributed by atoms with van der Waals surface area (Å²) in [4.78, 5) is 46.4. The normalized spacial score (nSPS) is 53.6. The summed E-state index contributed by atoms with van der Waals surface area (Å²) in [5, 5.41) is 59.1. The summed E-state index contributed by atoms with van der Waals surface area (Å²) in [6.45, 7) is 11.9. The van der Waals surface area contributed by atoms with Gasteiger partial charge in [0.05, 0.1) is 24.0 Å². The Labute approximate surface area is 403 Å². The molecule has 1 aromatic heterocycles. The maximum Gasteiger partial charge on any atom is 0.335 e. The topological polar surface area (TPSA) is 208 Å². The minimum Gasteiger partial charge on any atom is -0.481 e. The molecule has 13 nitrogen and oxygen atoms in total. The molecule has 2 saturated heterocycles. The molecular weight excluding hydrogens is 877 g/mol. The molecule has 370 valence electrons. The van der Waals surface area contributed by atoms with Crippen molar-refractivity contribution in [3.05, 3.63) is 83.3 Å². The van der Waals surface area contributed by atoms with Gasteiger partial charge in [-0.05, 0) is 126 Å². The lowest BCUT2D eigenvalue weighted by Crippen LogP contribution is -2.85. The summed E-state index contributed by atoms with van der Waals surface area (Å²) < 4.78 is 18.9. The second kappa shape index (κ2) is 13.8. The fourth-order valence-electron chi connectivity index (χ4n) is 21.6. The molecule has 7 N–H and O–H groups in total. The molecule has 10 aliphatic carbocycles. The summed E-state index contributed by atoms with van der Waals surface area (Å²) in [6, 6.07) is -0.413. The number of aliphatic hydroxyl groups excluding tert-OH is 3. The van der Waals surface area contributed by atoms with Crippen LogP contribution in [0.3, 0.4) is 0 Å². The number of carbonyl (C=O) groups is 3. The number of carboxylic acid groups (broad SMARTS) is 2. The third kappa shape index (κ3) is 4.56. The minimum absolute atomic E-state index is 0.00194. The van der Waals surface area contributed by atoms with E-state index in [4.69, 9.17) is 14.2 Å². The van der Waals surface area contributed by atoms with E-state index in [1.54, 1.807) is 7.11 Å². The fraction of sp³-hybridized carbons (Fsp3) is 0.696. The van der Waals surface area contributed by atoms with E-state index >= 15 is 4.79 Å². The number of H-pyrrole nitrogens is 1. The molecule has 7 bridgehead atoms. The van der Waals surface area contributed by atoms with Crippen LogP contribution in [0.1, 0.15) is 97.1 Å². The molecule has 13 rings (SSSR count). The first-order valence-corrected chi connectivity index (χ1v) is 26.0. The van der Waals surface area contributed by atoms with Gasteiger partial charge in [-0.25, -0.2) is 4.79 Å². The van der Waals surface area contributed by atoms with Crippen molar-refractivity contribution in [2.24, 2.45) is 84.2 Å². The predicted molar refractivity (Wildman–Crippen MR) is 251 cm³/mol. The highest BCUT2D eigenvalue weighted by Crippen LogP contribution is 2.95. The molecule has 0 unspecified atom stereocenters. The second-order valence-corrected chi connectivity index (χ2v) is 25.3. The summed E-state index contributed by atoms with van der Waals surface area (Å²) in [5.41, 5.74) is -0.910. The predicted octanol–water partition coefficient (Wildman–Crippen LogP) is 6.06. The van der Waals surface area contributed by atoms with E-state index in [-0.39, 0.29) is 35.5 Å². The molecule has 7 fully saturated rings. The van der Waals surface area contributed by atoms with Gasteiger partial charge in [0.1, 0.15) is 18.3 Å². The van der Waals surface area contributed by atoms with Crippen LogP contribution in [0.2, 0.25) is 0 Å². The number of carboxylic acids is 2. The van der Waals surface area contributed by atoms with Gasteiger partial charge < -0.3 is 50.0 Å². The van der Waals surface area contributed by atoms with Crippen LogP contribution >= 0.6 is 0 Å². The number of aliphatic carboxylic acids is 2. The van der Waals surface area contributed by atoms with Crippen molar-refractivity contribution in [2.45, 2.75) is 142 Å². The van der Waals surface area contributed by atoms with Crippen LogP contribution in [-0.4, -0.2) is 105 Å². The number of aryl methyl sites for hydroxylation is 1. The summed E-state index contributed by atoms with van der Waals surface area (Å²) in [5.74, 6) is -2.99. The Morgan fingerprint density at radius 3 is 2.45 bits per heavy atom. The zero-order valence-electron chi connectivity index (χ0n) is 40.7. The smallest absolute Gasteiger partial charge is 0.335 e. The number of aliphatic hydroxyl groups is 3. The molecule has 0 radical (unpaired) electrons. The third-order valence-electron chi connectivity index (χ3n) is 23.3. The van der Waals surface area contributed by atoms with E-state index in [0.29, 0.717) is 32.3 Å². The molecule has 1 aromatic rings. The highest BCUT2D eigenvalue weighted by Gasteiger charge is 2.92. The van der Waals surface area contributed by atoms with Gasteiger partial charge in [-0.1, -0.05) is 88.8 Å². The van der Waals surface area contributed by atoms with Gasteiger partial charge >= 0.3 is 11.9 Å². The van der Waals surface area contributed by atoms with Gasteiger partial charge in [0, 0.05) is 53.1 Å². The first-order valence-electron chi connectivity index (χ1n) is 26.0. The van der Waals surface area contributed by atoms with Gasteiger partial charge in [-0.15, -0.1) is 0 Å². The number of rotatable bonds is 9. The van der Waals surface area contributed by atoms with Crippen molar-refractivity contribution in [1.29, 1.82) is 0 Å². The number of nitrogens with one attached hydrogen (secondary N) is 2. The molecule has 4 spiro atoms. The molecule has 3 heterocycles. The summed E-state index contributed by atoms with van der Waals surface area (Å²) >= 11 is 0. The lowest BCUT2D eigenvalue weighted by molar-refractivity contribution is -0.377. The number of hydrogen-bond donors (Lipinski definition) is 7. The lowest BCUT2D eigenvalue weighted by Gasteiger charge is -2.89. The monoisotopic (exact) mass is 946 g/mol. The number of aromatic amines is 1. The Morgan fingerprint density at radius 1 is 0.928 bits per heavy atom. The zero-order chi connectivity index (χ0) is 48.4. The molecule has 2 aliphatic heterocycles. The lowest BCUT2D eigenvalue weighted by atomic mass is 9.14. The molecule has 1 amide bonds. The summed E-state index contributed by atoms with van der Waals surface area (Å²) in [7, 11) is 1.69.